The van der Waals surface area contributed by atoms with Gasteiger partial charge in [-0.05, 0) is 26.7 Å². The second kappa shape index (κ2) is 8.29. The lowest BCUT2D eigenvalue weighted by atomic mass is 10.3. The normalized spacial score (nSPS) is 10.1. The SMILES string of the molecule is C=CCCCOc1nc(NC)nc(N(CC)CC)n1. The van der Waals surface area contributed by atoms with E-state index in [1.807, 2.05) is 6.08 Å². The summed E-state index contributed by atoms with van der Waals surface area (Å²) in [5, 5.41) is 2.93. The summed E-state index contributed by atoms with van der Waals surface area (Å²) < 4.78 is 5.55. The molecule has 0 radical (unpaired) electrons. The molecule has 1 aromatic heterocycles. The van der Waals surface area contributed by atoms with E-state index >= 15 is 0 Å². The van der Waals surface area contributed by atoms with E-state index in [1.165, 1.54) is 0 Å². The van der Waals surface area contributed by atoms with Gasteiger partial charge in [0.05, 0.1) is 6.61 Å². The maximum absolute atomic E-state index is 5.55. The first-order chi connectivity index (χ1) is 9.24. The molecule has 1 aromatic rings. The number of hydrogen-bond donors (Lipinski definition) is 1. The van der Waals surface area contributed by atoms with E-state index in [0.29, 0.717) is 24.5 Å². The molecule has 1 heterocycles. The number of rotatable bonds is 9. The van der Waals surface area contributed by atoms with Crippen molar-refractivity contribution in [3.63, 3.8) is 0 Å². The van der Waals surface area contributed by atoms with E-state index in [2.05, 4.69) is 45.6 Å². The summed E-state index contributed by atoms with van der Waals surface area (Å²) in [4.78, 5) is 14.9. The topological polar surface area (TPSA) is 63.2 Å². The fraction of sp³-hybridized carbons (Fsp3) is 0.615. The van der Waals surface area contributed by atoms with Crippen LogP contribution in [0.15, 0.2) is 12.7 Å². The minimum Gasteiger partial charge on any atom is -0.463 e. The summed E-state index contributed by atoms with van der Waals surface area (Å²) in [7, 11) is 1.78. The van der Waals surface area contributed by atoms with Crippen LogP contribution in [0.2, 0.25) is 0 Å². The Bertz CT molecular complexity index is 393. The standard InChI is InChI=1S/C13H23N5O/c1-5-8-9-10-19-13-16-11(14-4)15-12(17-13)18(6-2)7-3/h5H,1,6-10H2,2-4H3,(H,14,15,16,17). The van der Waals surface area contributed by atoms with Gasteiger partial charge in [-0.15, -0.1) is 6.58 Å². The summed E-state index contributed by atoms with van der Waals surface area (Å²) in [6.07, 6.45) is 3.70. The highest BCUT2D eigenvalue weighted by Crippen LogP contribution is 2.14. The van der Waals surface area contributed by atoms with Crippen molar-refractivity contribution in [1.82, 2.24) is 15.0 Å². The largest absolute Gasteiger partial charge is 0.463 e. The Labute approximate surface area is 114 Å². The molecular formula is C13H23N5O. The van der Waals surface area contributed by atoms with Gasteiger partial charge in [-0.2, -0.15) is 15.0 Å². The Morgan fingerprint density at radius 2 is 2.00 bits per heavy atom. The predicted molar refractivity (Wildman–Crippen MR) is 77.9 cm³/mol. The Hall–Kier alpha value is -1.85. The van der Waals surface area contributed by atoms with Crippen LogP contribution in [0.25, 0.3) is 0 Å². The zero-order valence-electron chi connectivity index (χ0n) is 12.0. The zero-order chi connectivity index (χ0) is 14.1. The van der Waals surface area contributed by atoms with Gasteiger partial charge in [0, 0.05) is 20.1 Å². The number of hydrogen-bond acceptors (Lipinski definition) is 6. The molecule has 0 aliphatic rings. The van der Waals surface area contributed by atoms with Crippen LogP contribution >= 0.6 is 0 Å². The fourth-order valence-corrected chi connectivity index (χ4v) is 1.56. The first-order valence-corrected chi connectivity index (χ1v) is 6.67. The lowest BCUT2D eigenvalue weighted by Crippen LogP contribution is -2.25. The minimum atomic E-state index is 0.366. The highest BCUT2D eigenvalue weighted by molar-refractivity contribution is 5.37. The number of ether oxygens (including phenoxy) is 1. The van der Waals surface area contributed by atoms with E-state index in [-0.39, 0.29) is 0 Å². The first kappa shape index (κ1) is 15.2. The molecule has 0 aliphatic carbocycles. The number of aromatic nitrogens is 3. The van der Waals surface area contributed by atoms with E-state index in [4.69, 9.17) is 4.74 Å². The summed E-state index contributed by atoms with van der Waals surface area (Å²) in [6.45, 7) is 10.1. The molecule has 0 fully saturated rings. The van der Waals surface area contributed by atoms with Crippen LogP contribution < -0.4 is 15.0 Å². The Morgan fingerprint density at radius 3 is 2.58 bits per heavy atom. The van der Waals surface area contributed by atoms with Gasteiger partial charge in [0.15, 0.2) is 0 Å². The van der Waals surface area contributed by atoms with Crippen molar-refractivity contribution in [2.24, 2.45) is 0 Å². The maximum Gasteiger partial charge on any atom is 0.323 e. The molecule has 0 aliphatic heterocycles. The summed E-state index contributed by atoms with van der Waals surface area (Å²) in [5.74, 6) is 1.17. The molecule has 0 saturated carbocycles. The molecule has 0 aromatic carbocycles. The molecule has 0 saturated heterocycles. The van der Waals surface area contributed by atoms with Crippen LogP contribution in [0.4, 0.5) is 11.9 Å². The van der Waals surface area contributed by atoms with Gasteiger partial charge in [0.1, 0.15) is 0 Å². The lowest BCUT2D eigenvalue weighted by Gasteiger charge is -2.19. The molecule has 0 bridgehead atoms. The molecule has 0 amide bonds. The third-order valence-corrected chi connectivity index (χ3v) is 2.66. The van der Waals surface area contributed by atoms with Crippen molar-refractivity contribution in [2.75, 3.05) is 37.0 Å². The maximum atomic E-state index is 5.55. The van der Waals surface area contributed by atoms with Crippen LogP contribution in [0, 0.1) is 0 Å². The van der Waals surface area contributed by atoms with Crippen molar-refractivity contribution in [2.45, 2.75) is 26.7 Å². The van der Waals surface area contributed by atoms with Gasteiger partial charge in [-0.1, -0.05) is 6.08 Å². The summed E-state index contributed by atoms with van der Waals surface area (Å²) in [5.41, 5.74) is 0. The van der Waals surface area contributed by atoms with E-state index < -0.39 is 0 Å². The van der Waals surface area contributed by atoms with Gasteiger partial charge in [-0.25, -0.2) is 0 Å². The molecule has 6 heteroatoms. The zero-order valence-corrected chi connectivity index (χ0v) is 12.0. The van der Waals surface area contributed by atoms with Crippen LogP contribution in [0.1, 0.15) is 26.7 Å². The quantitative estimate of drug-likeness (QED) is 0.545. The molecule has 1 N–H and O–H groups in total. The number of unbranched alkanes of at least 4 members (excludes halogenated alkanes) is 1. The van der Waals surface area contributed by atoms with Crippen LogP contribution in [-0.2, 0) is 0 Å². The number of nitrogens with zero attached hydrogens (tertiary/aromatic N) is 4. The second-order valence-corrected chi connectivity index (χ2v) is 3.94. The molecule has 0 spiro atoms. The highest BCUT2D eigenvalue weighted by Gasteiger charge is 2.11. The molecule has 106 valence electrons. The first-order valence-electron chi connectivity index (χ1n) is 6.67. The number of allylic oxidation sites excluding steroid dienone is 1. The third-order valence-electron chi connectivity index (χ3n) is 2.66. The summed E-state index contributed by atoms with van der Waals surface area (Å²) in [6, 6.07) is 0.366. The molecule has 0 unspecified atom stereocenters. The fourth-order valence-electron chi connectivity index (χ4n) is 1.56. The van der Waals surface area contributed by atoms with Gasteiger partial charge >= 0.3 is 6.01 Å². The van der Waals surface area contributed by atoms with Crippen molar-refractivity contribution in [1.29, 1.82) is 0 Å². The van der Waals surface area contributed by atoms with Crippen LogP contribution in [0.5, 0.6) is 6.01 Å². The van der Waals surface area contributed by atoms with E-state index in [0.717, 1.165) is 25.9 Å². The van der Waals surface area contributed by atoms with Gasteiger partial charge in [-0.3, -0.25) is 0 Å². The lowest BCUT2D eigenvalue weighted by molar-refractivity contribution is 0.287. The Kier molecular flexibility index (Phi) is 6.63. The van der Waals surface area contributed by atoms with Gasteiger partial charge < -0.3 is 15.0 Å². The van der Waals surface area contributed by atoms with Crippen molar-refractivity contribution >= 4 is 11.9 Å². The molecular weight excluding hydrogens is 242 g/mol. The Morgan fingerprint density at radius 1 is 1.26 bits per heavy atom. The minimum absolute atomic E-state index is 0.366. The van der Waals surface area contributed by atoms with Gasteiger partial charge in [0.25, 0.3) is 0 Å². The average Bonchev–Trinajstić information content (AvgIpc) is 2.45. The predicted octanol–water partition coefficient (Wildman–Crippen LogP) is 2.10. The van der Waals surface area contributed by atoms with Crippen LogP contribution in [-0.4, -0.2) is 41.7 Å². The van der Waals surface area contributed by atoms with E-state index in [9.17, 15) is 0 Å². The second-order valence-electron chi connectivity index (χ2n) is 3.94. The molecule has 0 atom stereocenters. The Balaban J connectivity index is 2.79. The van der Waals surface area contributed by atoms with Crippen molar-refractivity contribution in [3.8, 4) is 6.01 Å². The molecule has 19 heavy (non-hydrogen) atoms. The van der Waals surface area contributed by atoms with Crippen molar-refractivity contribution < 1.29 is 4.74 Å². The smallest absolute Gasteiger partial charge is 0.323 e. The summed E-state index contributed by atoms with van der Waals surface area (Å²) >= 11 is 0. The third kappa shape index (κ3) is 4.73. The van der Waals surface area contributed by atoms with Crippen LogP contribution in [0.3, 0.4) is 0 Å². The highest BCUT2D eigenvalue weighted by atomic mass is 16.5. The number of anilines is 2. The van der Waals surface area contributed by atoms with Gasteiger partial charge in [0.2, 0.25) is 11.9 Å². The average molecular weight is 265 g/mol. The monoisotopic (exact) mass is 265 g/mol. The van der Waals surface area contributed by atoms with E-state index in [1.54, 1.807) is 7.05 Å². The molecule has 6 nitrogen and oxygen atoms in total. The number of nitrogens with one attached hydrogen (secondary N) is 1. The molecule has 1 rings (SSSR count). The van der Waals surface area contributed by atoms with Crippen molar-refractivity contribution in [3.05, 3.63) is 12.7 Å².